The fourth-order valence-electron chi connectivity index (χ4n) is 0.912. The highest BCUT2D eigenvalue weighted by Crippen LogP contribution is 2.13. The largest absolute Gasteiger partial charge is 0.392 e. The van der Waals surface area contributed by atoms with Gasteiger partial charge in [0.1, 0.15) is 0 Å². The Balaban J connectivity index is 3.24. The summed E-state index contributed by atoms with van der Waals surface area (Å²) in [7, 11) is 0. The molecule has 0 fully saturated rings. The molecular formula is C8H8F2O. The molecule has 1 nitrogen and oxygen atoms in total. The van der Waals surface area contributed by atoms with Crippen molar-refractivity contribution < 1.29 is 13.9 Å². The molecule has 1 aromatic rings. The van der Waals surface area contributed by atoms with Crippen molar-refractivity contribution in [3.63, 3.8) is 0 Å². The zero-order valence-corrected chi connectivity index (χ0v) is 6.06. The van der Waals surface area contributed by atoms with E-state index in [1.54, 1.807) is 6.92 Å². The van der Waals surface area contributed by atoms with Crippen LogP contribution in [0, 0.1) is 18.6 Å². The Hall–Kier alpha value is -0.960. The van der Waals surface area contributed by atoms with Crippen LogP contribution in [0.3, 0.4) is 0 Å². The molecule has 0 amide bonds. The Morgan fingerprint density at radius 3 is 2.55 bits per heavy atom. The highest BCUT2D eigenvalue weighted by Gasteiger charge is 2.07. The minimum atomic E-state index is -0.960. The summed E-state index contributed by atoms with van der Waals surface area (Å²) in [6.45, 7) is 1.17. The Bertz CT molecular complexity index is 271. The molecule has 1 aromatic carbocycles. The van der Waals surface area contributed by atoms with Gasteiger partial charge < -0.3 is 5.11 Å². The van der Waals surface area contributed by atoms with Crippen LogP contribution in [0.2, 0.25) is 0 Å². The zero-order valence-electron chi connectivity index (χ0n) is 6.06. The molecule has 0 saturated carbocycles. The first-order valence-electron chi connectivity index (χ1n) is 3.20. The Kier molecular flexibility index (Phi) is 2.19. The molecule has 0 spiro atoms. The average molecular weight is 158 g/mol. The molecule has 0 unspecified atom stereocenters. The van der Waals surface area contributed by atoms with Gasteiger partial charge in [0, 0.05) is 5.56 Å². The molecule has 1 rings (SSSR count). The third-order valence-corrected chi connectivity index (χ3v) is 1.42. The summed E-state index contributed by atoms with van der Waals surface area (Å²) in [5.41, 5.74) is 0.607. The summed E-state index contributed by atoms with van der Waals surface area (Å²) in [6.07, 6.45) is 0. The van der Waals surface area contributed by atoms with Crippen LogP contribution < -0.4 is 0 Å². The molecule has 1 N–H and O–H groups in total. The lowest BCUT2D eigenvalue weighted by atomic mass is 10.1. The van der Waals surface area contributed by atoms with Gasteiger partial charge in [-0.3, -0.25) is 0 Å². The lowest BCUT2D eigenvalue weighted by molar-refractivity contribution is 0.273. The van der Waals surface area contributed by atoms with Crippen molar-refractivity contribution >= 4 is 0 Å². The number of rotatable bonds is 1. The highest BCUT2D eigenvalue weighted by atomic mass is 19.2. The maximum absolute atomic E-state index is 12.6. The average Bonchev–Trinajstić information content (AvgIpc) is 1.96. The summed E-state index contributed by atoms with van der Waals surface area (Å²) in [5, 5.41) is 8.56. The third-order valence-electron chi connectivity index (χ3n) is 1.42. The van der Waals surface area contributed by atoms with Crippen LogP contribution in [0.1, 0.15) is 11.1 Å². The third kappa shape index (κ3) is 1.54. The SMILES string of the molecule is Cc1cc(F)c(F)c(CO)c1. The van der Waals surface area contributed by atoms with Gasteiger partial charge in [0.15, 0.2) is 11.6 Å². The van der Waals surface area contributed by atoms with Gasteiger partial charge in [-0.2, -0.15) is 0 Å². The predicted octanol–water partition coefficient (Wildman–Crippen LogP) is 1.77. The van der Waals surface area contributed by atoms with Crippen molar-refractivity contribution in [2.45, 2.75) is 13.5 Å². The van der Waals surface area contributed by atoms with E-state index in [0.717, 1.165) is 6.07 Å². The van der Waals surface area contributed by atoms with Crippen LogP contribution in [0.25, 0.3) is 0 Å². The molecule has 0 aromatic heterocycles. The zero-order chi connectivity index (χ0) is 8.43. The van der Waals surface area contributed by atoms with Crippen molar-refractivity contribution in [1.29, 1.82) is 0 Å². The molecule has 0 heterocycles. The highest BCUT2D eigenvalue weighted by molar-refractivity contribution is 5.24. The van der Waals surface area contributed by atoms with Gasteiger partial charge in [0.25, 0.3) is 0 Å². The maximum atomic E-state index is 12.6. The van der Waals surface area contributed by atoms with Crippen LogP contribution >= 0.6 is 0 Å². The van der Waals surface area contributed by atoms with Gasteiger partial charge in [0.2, 0.25) is 0 Å². The molecule has 3 heteroatoms. The van der Waals surface area contributed by atoms with Crippen molar-refractivity contribution in [3.8, 4) is 0 Å². The number of halogens is 2. The maximum Gasteiger partial charge on any atom is 0.164 e. The van der Waals surface area contributed by atoms with E-state index in [0.29, 0.717) is 5.56 Å². The van der Waals surface area contributed by atoms with Crippen LogP contribution in [-0.4, -0.2) is 5.11 Å². The minimum Gasteiger partial charge on any atom is -0.392 e. The molecule has 0 aliphatic rings. The number of aliphatic hydroxyl groups is 1. The molecule has 0 atom stereocenters. The van der Waals surface area contributed by atoms with E-state index in [1.165, 1.54) is 6.07 Å². The number of benzene rings is 1. The van der Waals surface area contributed by atoms with E-state index < -0.39 is 18.2 Å². The predicted molar refractivity (Wildman–Crippen MR) is 37.0 cm³/mol. The smallest absolute Gasteiger partial charge is 0.164 e. The Labute approximate surface area is 63.3 Å². The minimum absolute atomic E-state index is 0.00231. The number of aryl methyl sites for hydroxylation is 1. The van der Waals surface area contributed by atoms with Crippen LogP contribution in [0.5, 0.6) is 0 Å². The molecule has 0 aliphatic carbocycles. The van der Waals surface area contributed by atoms with Crippen LogP contribution in [0.4, 0.5) is 8.78 Å². The molecule has 0 saturated heterocycles. The second-order valence-corrected chi connectivity index (χ2v) is 2.38. The van der Waals surface area contributed by atoms with Gasteiger partial charge in [-0.15, -0.1) is 0 Å². The lowest BCUT2D eigenvalue weighted by Gasteiger charge is -2.01. The quantitative estimate of drug-likeness (QED) is 0.660. The fourth-order valence-corrected chi connectivity index (χ4v) is 0.912. The van der Waals surface area contributed by atoms with Crippen molar-refractivity contribution in [1.82, 2.24) is 0 Å². The number of aliphatic hydroxyl groups excluding tert-OH is 1. The second-order valence-electron chi connectivity index (χ2n) is 2.38. The Morgan fingerprint density at radius 2 is 2.00 bits per heavy atom. The van der Waals surface area contributed by atoms with E-state index in [2.05, 4.69) is 0 Å². The summed E-state index contributed by atoms with van der Waals surface area (Å²) < 4.78 is 25.2. The van der Waals surface area contributed by atoms with Gasteiger partial charge >= 0.3 is 0 Å². The van der Waals surface area contributed by atoms with Crippen molar-refractivity contribution in [2.75, 3.05) is 0 Å². The van der Waals surface area contributed by atoms with Crippen LogP contribution in [0.15, 0.2) is 12.1 Å². The normalized spacial score (nSPS) is 10.2. The topological polar surface area (TPSA) is 20.2 Å². The summed E-state index contributed by atoms with van der Waals surface area (Å²) in [4.78, 5) is 0. The van der Waals surface area contributed by atoms with Crippen molar-refractivity contribution in [2.24, 2.45) is 0 Å². The molecule has 11 heavy (non-hydrogen) atoms. The van der Waals surface area contributed by atoms with Gasteiger partial charge in [0.05, 0.1) is 6.61 Å². The number of hydrogen-bond donors (Lipinski definition) is 1. The summed E-state index contributed by atoms with van der Waals surface area (Å²) >= 11 is 0. The molecule has 0 aliphatic heterocycles. The molecular weight excluding hydrogens is 150 g/mol. The van der Waals surface area contributed by atoms with Crippen molar-refractivity contribution in [3.05, 3.63) is 34.9 Å². The number of hydrogen-bond acceptors (Lipinski definition) is 1. The summed E-state index contributed by atoms with van der Waals surface area (Å²) in [5.74, 6) is -1.87. The molecule has 60 valence electrons. The first-order valence-corrected chi connectivity index (χ1v) is 3.20. The van der Waals surface area contributed by atoms with Crippen LogP contribution in [-0.2, 0) is 6.61 Å². The second kappa shape index (κ2) is 2.96. The molecule has 0 radical (unpaired) electrons. The molecule has 0 bridgehead atoms. The standard InChI is InChI=1S/C8H8F2O/c1-5-2-6(4-11)8(10)7(9)3-5/h2-3,11H,4H2,1H3. The Morgan fingerprint density at radius 1 is 1.36 bits per heavy atom. The van der Waals surface area contributed by atoms with E-state index in [1.807, 2.05) is 0 Å². The van der Waals surface area contributed by atoms with E-state index in [9.17, 15) is 8.78 Å². The first kappa shape index (κ1) is 8.14. The van der Waals surface area contributed by atoms with Gasteiger partial charge in [-0.05, 0) is 18.6 Å². The monoisotopic (exact) mass is 158 g/mol. The van der Waals surface area contributed by atoms with E-state index in [4.69, 9.17) is 5.11 Å². The first-order chi connectivity index (χ1) is 5.15. The summed E-state index contributed by atoms with van der Waals surface area (Å²) in [6, 6.07) is 2.51. The lowest BCUT2D eigenvalue weighted by Crippen LogP contribution is -1.94. The van der Waals surface area contributed by atoms with Gasteiger partial charge in [-0.25, -0.2) is 8.78 Å². The van der Waals surface area contributed by atoms with E-state index >= 15 is 0 Å². The van der Waals surface area contributed by atoms with E-state index in [-0.39, 0.29) is 5.56 Å². The van der Waals surface area contributed by atoms with Gasteiger partial charge in [-0.1, -0.05) is 6.07 Å². The fraction of sp³-hybridized carbons (Fsp3) is 0.250.